The summed E-state index contributed by atoms with van der Waals surface area (Å²) in [6.07, 6.45) is -4.29. The van der Waals surface area contributed by atoms with E-state index in [4.69, 9.17) is 10.5 Å². The van der Waals surface area contributed by atoms with E-state index in [0.29, 0.717) is 11.3 Å². The second-order valence-electron chi connectivity index (χ2n) is 5.70. The summed E-state index contributed by atoms with van der Waals surface area (Å²) in [5.41, 5.74) is 6.71. The second kappa shape index (κ2) is 5.53. The zero-order valence-electron chi connectivity index (χ0n) is 12.6. The molecule has 1 fully saturated rings. The Bertz CT molecular complexity index is 761. The van der Waals surface area contributed by atoms with Crippen molar-refractivity contribution in [2.45, 2.75) is 44.5 Å². The minimum Gasteiger partial charge on any atom is -0.388 e. The van der Waals surface area contributed by atoms with E-state index in [1.165, 1.54) is 17.0 Å². The summed E-state index contributed by atoms with van der Waals surface area (Å²) in [6, 6.07) is 1.53. The first-order valence-corrected chi connectivity index (χ1v) is 7.15. The average Bonchev–Trinajstić information content (AvgIpc) is 2.91. The highest BCUT2D eigenvalue weighted by Gasteiger charge is 2.43. The molecule has 0 unspecified atom stereocenters. The molecular weight excluding hydrogens is 304 g/mol. The number of rotatable bonds is 2. The van der Waals surface area contributed by atoms with Crippen LogP contribution in [0.15, 0.2) is 12.4 Å². The average molecular weight is 322 g/mol. The lowest BCUT2D eigenvalue weighted by Gasteiger charge is -2.39. The molecule has 0 aliphatic carbocycles. The number of imidazole rings is 1. The first-order valence-electron chi connectivity index (χ1n) is 7.15. The van der Waals surface area contributed by atoms with Gasteiger partial charge in [-0.05, 0) is 19.9 Å². The summed E-state index contributed by atoms with van der Waals surface area (Å²) in [5.74, 6) is -0.639. The Morgan fingerprint density at radius 2 is 2.00 bits per heavy atom. The number of hydrogen-bond acceptors (Lipinski definition) is 7. The number of carbonyl (C=O) groups is 1. The van der Waals surface area contributed by atoms with Crippen LogP contribution in [0.2, 0.25) is 0 Å². The van der Waals surface area contributed by atoms with Crippen LogP contribution in [0.3, 0.4) is 0 Å². The summed E-state index contributed by atoms with van der Waals surface area (Å²) >= 11 is 0. The zero-order valence-corrected chi connectivity index (χ0v) is 12.6. The van der Waals surface area contributed by atoms with Crippen molar-refractivity contribution in [2.24, 2.45) is 5.73 Å². The number of ether oxygens (including phenoxy) is 1. The van der Waals surface area contributed by atoms with Gasteiger partial charge >= 0.3 is 0 Å². The Balaban J connectivity index is 2.12. The molecule has 1 aliphatic rings. The number of fused-ring (bicyclic) bond motifs is 1. The van der Waals surface area contributed by atoms with Crippen LogP contribution in [-0.2, 0) is 4.74 Å². The summed E-state index contributed by atoms with van der Waals surface area (Å²) in [6.45, 7) is 3.28. The molecular formula is C14H18N4O5. The number of primary amides is 1. The van der Waals surface area contributed by atoms with Gasteiger partial charge in [-0.1, -0.05) is 0 Å². The number of pyridine rings is 1. The molecule has 0 saturated carbocycles. The summed E-state index contributed by atoms with van der Waals surface area (Å²) in [5, 5.41) is 29.9. The lowest BCUT2D eigenvalue weighted by atomic mass is 9.99. The Kier molecular flexibility index (Phi) is 3.80. The van der Waals surface area contributed by atoms with Crippen LogP contribution in [0.4, 0.5) is 0 Å². The van der Waals surface area contributed by atoms with E-state index in [1.807, 2.05) is 0 Å². The van der Waals surface area contributed by atoms with Crippen LogP contribution in [0, 0.1) is 6.92 Å². The largest absolute Gasteiger partial charge is 0.388 e. The SMILES string of the molecule is Cc1cc(C(N)=O)c2ncn([C@@H]3O[C@@H](C)[C@H](O)[C@@H](O)[C@H]3O)c2n1. The highest BCUT2D eigenvalue weighted by atomic mass is 16.5. The highest BCUT2D eigenvalue weighted by molar-refractivity contribution is 6.03. The molecule has 0 bridgehead atoms. The molecule has 1 saturated heterocycles. The van der Waals surface area contributed by atoms with Crippen molar-refractivity contribution in [2.75, 3.05) is 0 Å². The molecule has 3 rings (SSSR count). The third kappa shape index (κ3) is 2.47. The van der Waals surface area contributed by atoms with E-state index in [-0.39, 0.29) is 11.1 Å². The summed E-state index contributed by atoms with van der Waals surface area (Å²) in [7, 11) is 0. The number of hydrogen-bond donors (Lipinski definition) is 4. The van der Waals surface area contributed by atoms with Gasteiger partial charge in [0.05, 0.1) is 18.0 Å². The van der Waals surface area contributed by atoms with Crippen molar-refractivity contribution < 1.29 is 24.9 Å². The smallest absolute Gasteiger partial charge is 0.251 e. The van der Waals surface area contributed by atoms with E-state index in [9.17, 15) is 20.1 Å². The highest BCUT2D eigenvalue weighted by Crippen LogP contribution is 2.30. The molecule has 23 heavy (non-hydrogen) atoms. The lowest BCUT2D eigenvalue weighted by Crippen LogP contribution is -2.54. The summed E-state index contributed by atoms with van der Waals surface area (Å²) < 4.78 is 7.00. The van der Waals surface area contributed by atoms with Crippen molar-refractivity contribution in [3.8, 4) is 0 Å². The van der Waals surface area contributed by atoms with Gasteiger partial charge in [0.1, 0.15) is 23.8 Å². The molecule has 1 amide bonds. The molecule has 0 spiro atoms. The molecule has 2 aromatic heterocycles. The molecule has 2 aromatic rings. The van der Waals surface area contributed by atoms with Crippen LogP contribution in [0.25, 0.3) is 11.2 Å². The third-order valence-electron chi connectivity index (χ3n) is 4.02. The van der Waals surface area contributed by atoms with Gasteiger partial charge < -0.3 is 25.8 Å². The number of aromatic nitrogens is 3. The quantitative estimate of drug-likeness (QED) is 0.546. The summed E-state index contributed by atoms with van der Waals surface area (Å²) in [4.78, 5) is 20.0. The van der Waals surface area contributed by atoms with Gasteiger partial charge in [0.2, 0.25) is 0 Å². The van der Waals surface area contributed by atoms with E-state index < -0.39 is 36.6 Å². The van der Waals surface area contributed by atoms with Crippen LogP contribution in [0.1, 0.15) is 29.2 Å². The Morgan fingerprint density at radius 3 is 2.65 bits per heavy atom. The van der Waals surface area contributed by atoms with E-state index in [0.717, 1.165) is 0 Å². The Hall–Kier alpha value is -2.07. The van der Waals surface area contributed by atoms with Crippen molar-refractivity contribution in [3.63, 3.8) is 0 Å². The molecule has 5 N–H and O–H groups in total. The monoisotopic (exact) mass is 322 g/mol. The van der Waals surface area contributed by atoms with Gasteiger partial charge in [-0.2, -0.15) is 0 Å². The number of nitrogens with two attached hydrogens (primary N) is 1. The molecule has 9 heteroatoms. The van der Waals surface area contributed by atoms with Crippen LogP contribution >= 0.6 is 0 Å². The first-order chi connectivity index (χ1) is 10.8. The van der Waals surface area contributed by atoms with Crippen molar-refractivity contribution in [1.82, 2.24) is 14.5 Å². The maximum absolute atomic E-state index is 11.6. The molecule has 124 valence electrons. The van der Waals surface area contributed by atoms with Gasteiger partial charge in [-0.15, -0.1) is 0 Å². The first kappa shape index (κ1) is 15.8. The number of aliphatic hydroxyl groups is 3. The van der Waals surface area contributed by atoms with Gasteiger partial charge in [0.15, 0.2) is 11.9 Å². The molecule has 0 radical (unpaired) electrons. The van der Waals surface area contributed by atoms with Crippen LogP contribution < -0.4 is 5.73 Å². The number of aliphatic hydroxyl groups excluding tert-OH is 3. The van der Waals surface area contributed by atoms with Crippen LogP contribution in [0.5, 0.6) is 0 Å². The minimum atomic E-state index is -1.38. The predicted octanol–water partition coefficient (Wildman–Crippen LogP) is -1.16. The minimum absolute atomic E-state index is 0.213. The maximum Gasteiger partial charge on any atom is 0.251 e. The van der Waals surface area contributed by atoms with E-state index in [1.54, 1.807) is 13.8 Å². The molecule has 5 atom stereocenters. The van der Waals surface area contributed by atoms with Gasteiger partial charge in [0, 0.05) is 5.69 Å². The Morgan fingerprint density at radius 1 is 1.30 bits per heavy atom. The fraction of sp³-hybridized carbons (Fsp3) is 0.500. The normalized spacial score (nSPS) is 31.4. The molecule has 1 aliphatic heterocycles. The second-order valence-corrected chi connectivity index (χ2v) is 5.70. The van der Waals surface area contributed by atoms with E-state index >= 15 is 0 Å². The van der Waals surface area contributed by atoms with Gasteiger partial charge in [0.25, 0.3) is 5.91 Å². The predicted molar refractivity (Wildman–Crippen MR) is 78.4 cm³/mol. The fourth-order valence-electron chi connectivity index (χ4n) is 2.77. The van der Waals surface area contributed by atoms with Crippen molar-refractivity contribution in [3.05, 3.63) is 23.7 Å². The lowest BCUT2D eigenvalue weighted by molar-refractivity contribution is -0.239. The fourth-order valence-corrected chi connectivity index (χ4v) is 2.77. The Labute approximate surface area is 131 Å². The molecule has 3 heterocycles. The zero-order chi connectivity index (χ0) is 16.9. The van der Waals surface area contributed by atoms with E-state index in [2.05, 4.69) is 9.97 Å². The third-order valence-corrected chi connectivity index (χ3v) is 4.02. The van der Waals surface area contributed by atoms with Crippen LogP contribution in [-0.4, -0.2) is 60.2 Å². The number of nitrogens with zero attached hydrogens (tertiary/aromatic N) is 3. The number of aryl methyl sites for hydroxylation is 1. The maximum atomic E-state index is 11.6. The van der Waals surface area contributed by atoms with Gasteiger partial charge in [-0.3, -0.25) is 9.36 Å². The van der Waals surface area contributed by atoms with Crippen molar-refractivity contribution in [1.29, 1.82) is 0 Å². The number of amides is 1. The molecule has 0 aromatic carbocycles. The molecule has 9 nitrogen and oxygen atoms in total. The van der Waals surface area contributed by atoms with Gasteiger partial charge in [-0.25, -0.2) is 9.97 Å². The standard InChI is InChI=1S/C14H18N4O5/c1-5-3-7(12(15)22)8-13(17-5)18(4-16-8)14-11(21)10(20)9(19)6(2)23-14/h3-4,6,9-11,14,19-21H,1-2H3,(H2,15,22)/t6-,9-,10+,11+,14+/m0/s1. The van der Waals surface area contributed by atoms with Crippen molar-refractivity contribution >= 4 is 17.1 Å². The number of carbonyl (C=O) groups excluding carboxylic acids is 1. The topological polar surface area (TPSA) is 144 Å².